The maximum Gasteiger partial charge on any atom is 0.252 e. The minimum absolute atomic E-state index is 0.0112. The van der Waals surface area contributed by atoms with Crippen LogP contribution in [0, 0.1) is 35.5 Å². The monoisotopic (exact) mass is 1810 g/mol. The number of rotatable bonds is 10. The predicted octanol–water partition coefficient (Wildman–Crippen LogP) is 35.6. The molecule has 8 bridgehead atoms. The van der Waals surface area contributed by atoms with E-state index < -0.39 is 0 Å². The largest absolute Gasteiger partial charge is 0.311 e. The Balaban J connectivity index is 0.000000187. The normalized spacial score (nSPS) is 21.9. The molecule has 0 N–H and O–H groups in total. The number of anilines is 12. The van der Waals surface area contributed by atoms with Gasteiger partial charge in [0.05, 0.1) is 16.4 Å². The van der Waals surface area contributed by atoms with Crippen LogP contribution in [0.5, 0.6) is 0 Å². The van der Waals surface area contributed by atoms with Gasteiger partial charge in [0.15, 0.2) is 0 Å². The van der Waals surface area contributed by atoms with Crippen molar-refractivity contribution in [3.8, 4) is 0 Å². The van der Waals surface area contributed by atoms with E-state index in [1.807, 2.05) is 0 Å². The average molecular weight is 1810 g/mol. The fraction of sp³-hybridized carbons (Fsp3) is 0.531. The van der Waals surface area contributed by atoms with Crippen molar-refractivity contribution in [2.75, 3.05) is 19.6 Å². The third kappa shape index (κ3) is 18.7. The highest BCUT2D eigenvalue weighted by atomic mass is 35.5. The molecule has 710 valence electrons. The fourth-order valence-electron chi connectivity index (χ4n) is 25.4. The number of hydrogen-bond acceptors (Lipinski definition) is 4. The molecule has 2 aliphatic heterocycles. The van der Waals surface area contributed by atoms with E-state index in [2.05, 4.69) is 451 Å². The summed E-state index contributed by atoms with van der Waals surface area (Å²) in [5.41, 5.74) is 38.2. The summed E-state index contributed by atoms with van der Waals surface area (Å²) in [5.74, 6) is 4.92. The van der Waals surface area contributed by atoms with Crippen molar-refractivity contribution < 1.29 is 0 Å². The molecule has 20 rings (SSSR count). The van der Waals surface area contributed by atoms with Gasteiger partial charge in [-0.1, -0.05) is 334 Å². The van der Waals surface area contributed by atoms with Crippen molar-refractivity contribution >= 4 is 103 Å². The van der Waals surface area contributed by atoms with Crippen LogP contribution < -0.4 is 36.0 Å². The highest BCUT2D eigenvalue weighted by Crippen LogP contribution is 2.65. The van der Waals surface area contributed by atoms with Gasteiger partial charge in [-0.05, 0) is 392 Å². The van der Waals surface area contributed by atoms with Crippen LogP contribution in [-0.4, -0.2) is 6.71 Å². The second-order valence-corrected chi connectivity index (χ2v) is 57.0. The summed E-state index contributed by atoms with van der Waals surface area (Å²) in [7, 11) is 0. The first-order valence-electron chi connectivity index (χ1n) is 52.1. The topological polar surface area (TPSA) is 13.0 Å². The van der Waals surface area contributed by atoms with Crippen LogP contribution >= 0.6 is 11.6 Å². The predicted molar refractivity (Wildman–Crippen MR) is 585 cm³/mol. The van der Waals surface area contributed by atoms with Crippen molar-refractivity contribution in [1.29, 1.82) is 0 Å². The first-order chi connectivity index (χ1) is 61.7. The Hall–Kier alpha value is -8.25. The number of benzene rings is 10. The Labute approximate surface area is 819 Å². The maximum absolute atomic E-state index is 8.47. The van der Waals surface area contributed by atoms with Crippen molar-refractivity contribution in [3.05, 3.63) is 265 Å². The molecular formula is C128H168BClN4. The Kier molecular flexibility index (Phi) is 24.0. The Morgan fingerprint density at radius 1 is 0.246 bits per heavy atom. The Morgan fingerprint density at radius 3 is 0.731 bits per heavy atom. The molecule has 10 aromatic rings. The van der Waals surface area contributed by atoms with E-state index in [-0.39, 0.29) is 82.5 Å². The molecule has 0 radical (unpaired) electrons. The summed E-state index contributed by atoms with van der Waals surface area (Å²) in [5, 5.41) is 0.771. The minimum atomic E-state index is -0.0668. The zero-order valence-electron chi connectivity index (χ0n) is 90.0. The molecule has 0 atom stereocenters. The Morgan fingerprint density at radius 2 is 0.478 bits per heavy atom. The van der Waals surface area contributed by atoms with Gasteiger partial charge < -0.3 is 19.6 Å². The van der Waals surface area contributed by atoms with Crippen LogP contribution in [-0.2, 0) is 75.8 Å². The van der Waals surface area contributed by atoms with Gasteiger partial charge in [-0.2, -0.15) is 0 Å². The lowest BCUT2D eigenvalue weighted by Gasteiger charge is -2.57. The molecule has 8 fully saturated rings. The number of fused-ring (bicyclic) bond motifs is 4. The lowest BCUT2D eigenvalue weighted by molar-refractivity contribution is -0.00526. The third-order valence-corrected chi connectivity index (χ3v) is 33.6. The van der Waals surface area contributed by atoms with Gasteiger partial charge in [0, 0.05) is 56.9 Å². The van der Waals surface area contributed by atoms with E-state index in [4.69, 9.17) is 11.6 Å². The molecule has 4 nitrogen and oxygen atoms in total. The molecule has 0 spiro atoms. The first-order valence-corrected chi connectivity index (χ1v) is 52.4. The minimum Gasteiger partial charge on any atom is -0.311 e. The summed E-state index contributed by atoms with van der Waals surface area (Å²) < 4.78 is 0. The second-order valence-electron chi connectivity index (χ2n) is 56.6. The molecule has 8 saturated carbocycles. The van der Waals surface area contributed by atoms with Crippen LogP contribution in [0.3, 0.4) is 0 Å². The van der Waals surface area contributed by atoms with Crippen molar-refractivity contribution in [1.82, 2.24) is 0 Å². The lowest BCUT2D eigenvalue weighted by Crippen LogP contribution is -2.61. The van der Waals surface area contributed by atoms with E-state index in [1.165, 1.54) is 200 Å². The summed E-state index contributed by atoms with van der Waals surface area (Å²) in [6, 6.07) is 74.4. The average Bonchev–Trinajstić information content (AvgIpc) is 0.683. The quantitative estimate of drug-likeness (QED) is 0.127. The van der Waals surface area contributed by atoms with Gasteiger partial charge in [0.25, 0.3) is 6.71 Å². The summed E-state index contributed by atoms with van der Waals surface area (Å²) in [4.78, 5) is 10.6. The van der Waals surface area contributed by atoms with Gasteiger partial charge in [0.2, 0.25) is 0 Å². The van der Waals surface area contributed by atoms with Crippen LogP contribution in [0.25, 0.3) is 0 Å². The first kappa shape index (κ1) is 97.4. The SMILES string of the molecule is CC(C)(C)c1cc(N2c3cc(C(C)(C)C)ccc3B3c4ccc(C(C)(C)C)cc4N(c4cc(C(C)(C)C)cc(C(C)(C)C)c4)c4cc(C56CC7CC(CC(C7)C5)C6)cc2c43)cc(C(C)(C)C)c1.CC(C)(C)c1cccc(N(c2cc(C(C)(C)C)cc(C(C)(C)C)c2)c2cc(C34CC5CC(CC(C5)C3)C4)cc(N(c3cccc(C(C)(C)C)c3)c3cc(C(C)(C)C)cc(C(C)(C)C)c3)c2Cl)c1. The van der Waals surface area contributed by atoms with Crippen molar-refractivity contribution in [3.63, 3.8) is 0 Å². The molecule has 10 aromatic carbocycles. The second kappa shape index (κ2) is 33.0. The van der Waals surface area contributed by atoms with Crippen molar-refractivity contribution in [2.24, 2.45) is 35.5 Å². The highest BCUT2D eigenvalue weighted by molar-refractivity contribution is 7.00. The highest BCUT2D eigenvalue weighted by Gasteiger charge is 2.56. The molecule has 0 unspecified atom stereocenters. The van der Waals surface area contributed by atoms with E-state index >= 15 is 0 Å². The lowest BCUT2D eigenvalue weighted by atomic mass is 9.33. The van der Waals surface area contributed by atoms with E-state index in [9.17, 15) is 0 Å². The van der Waals surface area contributed by atoms with E-state index in [1.54, 1.807) is 5.56 Å². The van der Waals surface area contributed by atoms with Gasteiger partial charge in [-0.25, -0.2) is 0 Å². The summed E-state index contributed by atoms with van der Waals surface area (Å²) in [6.07, 6.45) is 16.3. The van der Waals surface area contributed by atoms with E-state index in [0.29, 0.717) is 0 Å². The molecule has 0 aromatic heterocycles. The standard InChI is InChI=1S/C64H83BN2.C64H85ClN2/c1-58(2,3)42-19-21-51-53(32-42)66(49-28-44(60(7,8)9)26-45(29-49)61(10,11)12)55-34-48(64-36-39-23-40(37-64)25-41(24-39)38-64)35-56-57(55)65(51)52-22-20-43(59(4,5)6)33-54(52)67(56)50-30-46(62(13,14)15)27-47(31-50)63(16,17)18;1-58(2,3)44-21-19-23-51(30-44)66(53-32-46(60(7,8)9)28-47(33-53)61(10,11)12)55-36-50(64-38-41-25-42(39-64)27-43(26-41)40-64)37-56(57(55)65)67(52-24-20-22-45(31-52)59(4,5)6)54-34-48(62(13,14)15)29-49(35-54)63(16,17)18/h19-22,26-35,39-41H,23-25,36-38H2,1-18H3;19-24,28-37,41-43H,25-27,38-40H2,1-18H3. The summed E-state index contributed by atoms with van der Waals surface area (Å²) >= 11 is 8.47. The zero-order chi connectivity index (χ0) is 97.4. The molecule has 8 aliphatic carbocycles. The van der Waals surface area contributed by atoms with Crippen molar-refractivity contribution in [2.45, 2.75) is 402 Å². The van der Waals surface area contributed by atoms with Gasteiger partial charge in [0.1, 0.15) is 0 Å². The number of halogens is 1. The molecule has 134 heavy (non-hydrogen) atoms. The summed E-state index contributed by atoms with van der Waals surface area (Å²) in [6.45, 7) is 85.3. The molecule has 2 heterocycles. The molecule has 0 amide bonds. The Bertz CT molecular complexity index is 5620. The molecule has 0 saturated heterocycles. The van der Waals surface area contributed by atoms with Crippen LogP contribution in [0.1, 0.15) is 404 Å². The van der Waals surface area contributed by atoms with Gasteiger partial charge in [-0.3, -0.25) is 0 Å². The zero-order valence-corrected chi connectivity index (χ0v) is 90.8. The van der Waals surface area contributed by atoms with Gasteiger partial charge >= 0.3 is 0 Å². The van der Waals surface area contributed by atoms with Crippen LogP contribution in [0.2, 0.25) is 5.02 Å². The maximum atomic E-state index is 8.47. The number of hydrogen-bond donors (Lipinski definition) is 0. The molecule has 6 heteroatoms. The van der Waals surface area contributed by atoms with Gasteiger partial charge in [-0.15, -0.1) is 0 Å². The fourth-order valence-corrected chi connectivity index (χ4v) is 25.7. The smallest absolute Gasteiger partial charge is 0.252 e. The van der Waals surface area contributed by atoms with Crippen LogP contribution in [0.15, 0.2) is 182 Å². The number of nitrogens with zero attached hydrogens (tertiary/aromatic N) is 4. The molecule has 10 aliphatic rings. The molecular weight excluding hydrogens is 1640 g/mol. The van der Waals surface area contributed by atoms with Crippen LogP contribution in [0.4, 0.5) is 68.2 Å². The van der Waals surface area contributed by atoms with E-state index in [0.717, 1.165) is 74.7 Å². The third-order valence-electron chi connectivity index (χ3n) is 33.2.